The summed E-state index contributed by atoms with van der Waals surface area (Å²) in [6.45, 7) is 2.22. The topological polar surface area (TPSA) is 80.4 Å². The average Bonchev–Trinajstić information content (AvgIpc) is 2.48. The van der Waals surface area contributed by atoms with Gasteiger partial charge in [0.2, 0.25) is 0 Å². The Morgan fingerprint density at radius 1 is 1.27 bits per heavy atom. The third-order valence-electron chi connectivity index (χ3n) is 4.06. The van der Waals surface area contributed by atoms with Gasteiger partial charge in [0.25, 0.3) is 0 Å². The van der Waals surface area contributed by atoms with E-state index in [9.17, 15) is 13.5 Å². The molecule has 0 bridgehead atoms. The van der Waals surface area contributed by atoms with Crippen molar-refractivity contribution in [3.05, 3.63) is 59.7 Å². The largest absolute Gasteiger partial charge is 0.389 e. The Hall–Kier alpha value is -1.43. The van der Waals surface area contributed by atoms with Crippen molar-refractivity contribution in [1.82, 2.24) is 0 Å². The monoisotopic (exact) mass is 321 g/mol. The predicted molar refractivity (Wildman–Crippen MR) is 88.9 cm³/mol. The summed E-state index contributed by atoms with van der Waals surface area (Å²) < 4.78 is 25.4. The molecule has 3 unspecified atom stereocenters. The normalized spacial score (nSPS) is 23.1. The van der Waals surface area contributed by atoms with Crippen LogP contribution in [0.1, 0.15) is 18.9 Å². The number of aliphatic hydroxyl groups is 1. The number of hydrogen-bond donors (Lipinski definition) is 2. The molecule has 1 aliphatic carbocycles. The van der Waals surface area contributed by atoms with Crippen LogP contribution in [0.2, 0.25) is 0 Å². The highest BCUT2D eigenvalue weighted by atomic mass is 32.2. The third-order valence-corrected chi connectivity index (χ3v) is 6.19. The van der Waals surface area contributed by atoms with Crippen molar-refractivity contribution < 1.29 is 13.5 Å². The summed E-state index contributed by atoms with van der Waals surface area (Å²) in [7, 11) is -3.34. The molecule has 1 aromatic carbocycles. The van der Waals surface area contributed by atoms with Crippen LogP contribution in [0.5, 0.6) is 0 Å². The molecule has 0 heterocycles. The van der Waals surface area contributed by atoms with Crippen LogP contribution in [-0.2, 0) is 15.6 Å². The van der Waals surface area contributed by atoms with Crippen molar-refractivity contribution in [1.29, 1.82) is 0 Å². The molecule has 0 aliphatic heterocycles. The third kappa shape index (κ3) is 3.85. The van der Waals surface area contributed by atoms with E-state index in [2.05, 4.69) is 0 Å². The van der Waals surface area contributed by atoms with Gasteiger partial charge in [0, 0.05) is 5.92 Å². The van der Waals surface area contributed by atoms with Gasteiger partial charge < -0.3 is 10.8 Å². The highest BCUT2D eigenvalue weighted by Gasteiger charge is 2.34. The zero-order chi connectivity index (χ0) is 16.2. The van der Waals surface area contributed by atoms with E-state index in [1.165, 1.54) is 0 Å². The van der Waals surface area contributed by atoms with Crippen molar-refractivity contribution in [2.75, 3.05) is 6.54 Å². The van der Waals surface area contributed by atoms with Gasteiger partial charge in [0.05, 0.1) is 17.1 Å². The highest BCUT2D eigenvalue weighted by Crippen LogP contribution is 2.30. The van der Waals surface area contributed by atoms with Crippen LogP contribution >= 0.6 is 0 Å². The first-order valence-electron chi connectivity index (χ1n) is 7.47. The molecule has 0 radical (unpaired) electrons. The Bertz CT molecular complexity index is 650. The van der Waals surface area contributed by atoms with E-state index in [0.29, 0.717) is 13.0 Å². The minimum atomic E-state index is -3.34. The summed E-state index contributed by atoms with van der Waals surface area (Å²) in [4.78, 5) is 0. The van der Waals surface area contributed by atoms with Gasteiger partial charge in [-0.25, -0.2) is 8.42 Å². The zero-order valence-corrected chi connectivity index (χ0v) is 13.5. The Morgan fingerprint density at radius 2 is 1.95 bits per heavy atom. The van der Waals surface area contributed by atoms with E-state index >= 15 is 0 Å². The fourth-order valence-electron chi connectivity index (χ4n) is 2.86. The van der Waals surface area contributed by atoms with Crippen molar-refractivity contribution in [2.45, 2.75) is 30.5 Å². The molecular weight excluding hydrogens is 298 g/mol. The van der Waals surface area contributed by atoms with E-state index in [1.807, 2.05) is 37.3 Å². The average molecular weight is 321 g/mol. The van der Waals surface area contributed by atoms with Gasteiger partial charge in [-0.2, -0.15) is 0 Å². The molecule has 0 spiro atoms. The quantitative estimate of drug-likeness (QED) is 0.837. The second kappa shape index (κ2) is 7.22. The number of hydrogen-bond acceptors (Lipinski definition) is 4. The summed E-state index contributed by atoms with van der Waals surface area (Å²) in [5.41, 5.74) is 7.01. The molecule has 5 heteroatoms. The molecule has 0 saturated heterocycles. The van der Waals surface area contributed by atoms with Crippen LogP contribution in [-0.4, -0.2) is 31.4 Å². The number of sulfone groups is 1. The van der Waals surface area contributed by atoms with E-state index in [4.69, 9.17) is 5.73 Å². The van der Waals surface area contributed by atoms with Gasteiger partial charge in [0.1, 0.15) is 0 Å². The lowest BCUT2D eigenvalue weighted by Crippen LogP contribution is -2.34. The predicted octanol–water partition coefficient (Wildman–Crippen LogP) is 1.81. The van der Waals surface area contributed by atoms with Gasteiger partial charge in [-0.3, -0.25) is 0 Å². The van der Waals surface area contributed by atoms with Gasteiger partial charge >= 0.3 is 0 Å². The van der Waals surface area contributed by atoms with E-state index in [-0.39, 0.29) is 11.7 Å². The first kappa shape index (κ1) is 16.9. The molecule has 0 aromatic heterocycles. The molecule has 4 nitrogen and oxygen atoms in total. The maximum absolute atomic E-state index is 12.7. The van der Waals surface area contributed by atoms with Gasteiger partial charge in [-0.15, -0.1) is 0 Å². The molecule has 0 saturated carbocycles. The van der Waals surface area contributed by atoms with Crippen LogP contribution in [0, 0.1) is 5.92 Å². The first-order valence-corrected chi connectivity index (χ1v) is 9.19. The maximum atomic E-state index is 12.7. The van der Waals surface area contributed by atoms with Crippen LogP contribution in [0.15, 0.2) is 54.1 Å². The number of nitrogens with two attached hydrogens (primary N) is 1. The fourth-order valence-corrected chi connectivity index (χ4v) is 4.82. The fraction of sp³-hybridized carbons (Fsp3) is 0.412. The molecule has 0 amide bonds. The number of benzene rings is 1. The van der Waals surface area contributed by atoms with Crippen molar-refractivity contribution in [3.63, 3.8) is 0 Å². The smallest absolute Gasteiger partial charge is 0.161 e. The number of rotatable bonds is 6. The summed E-state index contributed by atoms with van der Waals surface area (Å²) >= 11 is 0. The summed E-state index contributed by atoms with van der Waals surface area (Å²) in [5.74, 6) is -0.242. The minimum Gasteiger partial charge on any atom is -0.389 e. The Kier molecular flexibility index (Phi) is 5.56. The lowest BCUT2D eigenvalue weighted by atomic mass is 9.88. The van der Waals surface area contributed by atoms with Crippen molar-refractivity contribution in [3.8, 4) is 0 Å². The Balaban J connectivity index is 2.18. The molecule has 1 aliphatic rings. The maximum Gasteiger partial charge on any atom is 0.161 e. The van der Waals surface area contributed by atoms with E-state index in [0.717, 1.165) is 11.1 Å². The van der Waals surface area contributed by atoms with E-state index < -0.39 is 21.2 Å². The number of aliphatic hydroxyl groups excluding tert-OH is 1. The molecule has 3 N–H and O–H groups in total. The molecule has 3 atom stereocenters. The molecule has 22 heavy (non-hydrogen) atoms. The van der Waals surface area contributed by atoms with E-state index in [1.54, 1.807) is 18.2 Å². The first-order chi connectivity index (χ1) is 10.5. The van der Waals surface area contributed by atoms with Crippen LogP contribution in [0.3, 0.4) is 0 Å². The Labute approximate surface area is 132 Å². The second-order valence-electron chi connectivity index (χ2n) is 5.69. The SMILES string of the molecule is CC1C(C(O)CCN)=CC=CC1S(=O)(=O)Cc1ccccc1. The standard InChI is InChI=1S/C17H23NO3S/c1-13-15(16(19)10-11-18)8-5-9-17(13)22(20,21)12-14-6-3-2-4-7-14/h2-9,13,16-17,19H,10-12,18H2,1H3. The molecular formula is C17H23NO3S. The van der Waals surface area contributed by atoms with Crippen LogP contribution in [0.4, 0.5) is 0 Å². The molecule has 1 aromatic rings. The zero-order valence-electron chi connectivity index (χ0n) is 12.7. The lowest BCUT2D eigenvalue weighted by Gasteiger charge is -2.29. The Morgan fingerprint density at radius 3 is 2.59 bits per heavy atom. The second-order valence-corrected chi connectivity index (χ2v) is 7.85. The molecule has 120 valence electrons. The van der Waals surface area contributed by atoms with Crippen molar-refractivity contribution in [2.24, 2.45) is 11.7 Å². The number of allylic oxidation sites excluding steroid dienone is 2. The lowest BCUT2D eigenvalue weighted by molar-refractivity contribution is 0.190. The summed E-state index contributed by atoms with van der Waals surface area (Å²) in [6, 6.07) is 9.16. The van der Waals surface area contributed by atoms with Crippen molar-refractivity contribution >= 4 is 9.84 Å². The summed E-state index contributed by atoms with van der Waals surface area (Å²) in [5, 5.41) is 9.53. The van der Waals surface area contributed by atoms with Gasteiger partial charge in [-0.1, -0.05) is 55.5 Å². The molecule has 0 fully saturated rings. The summed E-state index contributed by atoms with van der Waals surface area (Å²) in [6.07, 6.45) is 5.00. The molecule has 2 rings (SSSR count). The van der Waals surface area contributed by atoms with Gasteiger partial charge in [0.15, 0.2) is 9.84 Å². The highest BCUT2D eigenvalue weighted by molar-refractivity contribution is 7.91. The van der Waals surface area contributed by atoms with Crippen LogP contribution in [0.25, 0.3) is 0 Å². The van der Waals surface area contributed by atoms with Gasteiger partial charge in [-0.05, 0) is 24.1 Å². The minimum absolute atomic E-state index is 0.00739. The van der Waals surface area contributed by atoms with Crippen LogP contribution < -0.4 is 5.73 Å².